The van der Waals surface area contributed by atoms with Crippen molar-refractivity contribution in [3.8, 4) is 0 Å². The van der Waals surface area contributed by atoms with E-state index in [2.05, 4.69) is 24.3 Å². The average Bonchev–Trinajstić information content (AvgIpc) is 2.70. The van der Waals surface area contributed by atoms with E-state index in [9.17, 15) is 8.42 Å². The summed E-state index contributed by atoms with van der Waals surface area (Å²) in [6.45, 7) is 5.28. The van der Waals surface area contributed by atoms with Gasteiger partial charge in [0, 0.05) is 19.3 Å². The second-order valence-corrected chi connectivity index (χ2v) is 6.74. The summed E-state index contributed by atoms with van der Waals surface area (Å²) in [4.78, 5) is 4.14. The lowest BCUT2D eigenvalue weighted by Gasteiger charge is -2.16. The Kier molecular flexibility index (Phi) is 3.56. The van der Waals surface area contributed by atoms with Crippen molar-refractivity contribution < 1.29 is 8.42 Å². The van der Waals surface area contributed by atoms with Gasteiger partial charge in [-0.3, -0.25) is 0 Å². The number of nitrogens with zero attached hydrogens (tertiary/aromatic N) is 2. The molecule has 6 nitrogen and oxygen atoms in total. The van der Waals surface area contributed by atoms with Crippen molar-refractivity contribution >= 4 is 15.8 Å². The first-order valence-corrected chi connectivity index (χ1v) is 7.32. The number of nitrogens with two attached hydrogens (primary N) is 1. The molecule has 1 aliphatic heterocycles. The molecule has 2 atom stereocenters. The van der Waals surface area contributed by atoms with Gasteiger partial charge < -0.3 is 5.43 Å². The van der Waals surface area contributed by atoms with Crippen molar-refractivity contribution in [1.82, 2.24) is 9.29 Å². The highest BCUT2D eigenvalue weighted by Crippen LogP contribution is 2.27. The Morgan fingerprint density at radius 1 is 1.33 bits per heavy atom. The highest BCUT2D eigenvalue weighted by Gasteiger charge is 2.34. The van der Waals surface area contributed by atoms with Crippen molar-refractivity contribution in [3.63, 3.8) is 0 Å². The van der Waals surface area contributed by atoms with E-state index in [0.717, 1.165) is 0 Å². The van der Waals surface area contributed by atoms with Crippen LogP contribution in [0, 0.1) is 11.8 Å². The van der Waals surface area contributed by atoms with Crippen LogP contribution in [0.4, 0.5) is 5.82 Å². The van der Waals surface area contributed by atoms with Gasteiger partial charge in [0.2, 0.25) is 10.0 Å². The highest BCUT2D eigenvalue weighted by molar-refractivity contribution is 7.89. The summed E-state index contributed by atoms with van der Waals surface area (Å²) in [5.74, 6) is 6.41. The molecule has 0 bridgehead atoms. The lowest BCUT2D eigenvalue weighted by Crippen LogP contribution is -2.29. The molecule has 1 saturated heterocycles. The normalized spacial score (nSPS) is 25.3. The number of pyridine rings is 1. The molecule has 0 amide bonds. The van der Waals surface area contributed by atoms with E-state index in [4.69, 9.17) is 5.84 Å². The number of hydrogen-bond donors (Lipinski definition) is 2. The van der Waals surface area contributed by atoms with E-state index in [1.54, 1.807) is 6.07 Å². The van der Waals surface area contributed by atoms with Crippen molar-refractivity contribution in [2.75, 3.05) is 18.5 Å². The van der Waals surface area contributed by atoms with Gasteiger partial charge in [-0.25, -0.2) is 19.2 Å². The minimum Gasteiger partial charge on any atom is -0.308 e. The molecule has 0 radical (unpaired) electrons. The van der Waals surface area contributed by atoms with Gasteiger partial charge in [-0.2, -0.15) is 4.31 Å². The zero-order chi connectivity index (χ0) is 13.3. The van der Waals surface area contributed by atoms with Crippen molar-refractivity contribution in [2.45, 2.75) is 18.7 Å². The largest absolute Gasteiger partial charge is 0.308 e. The molecule has 0 spiro atoms. The maximum absolute atomic E-state index is 12.4. The van der Waals surface area contributed by atoms with Crippen LogP contribution in [0.25, 0.3) is 0 Å². The second-order valence-electron chi connectivity index (χ2n) is 4.80. The molecular formula is C11H18N4O2S. The lowest BCUT2D eigenvalue weighted by molar-refractivity contribution is 0.463. The van der Waals surface area contributed by atoms with Gasteiger partial charge in [0.05, 0.1) is 0 Å². The molecule has 18 heavy (non-hydrogen) atoms. The van der Waals surface area contributed by atoms with Crippen LogP contribution in [0.2, 0.25) is 0 Å². The molecule has 2 rings (SSSR count). The van der Waals surface area contributed by atoms with Crippen LogP contribution in [0.15, 0.2) is 23.2 Å². The smallest absolute Gasteiger partial charge is 0.244 e. The molecule has 0 aromatic carbocycles. The molecule has 2 unspecified atom stereocenters. The molecule has 0 saturated carbocycles. The third kappa shape index (κ3) is 2.33. The molecule has 1 aromatic heterocycles. The van der Waals surface area contributed by atoms with E-state index >= 15 is 0 Å². The van der Waals surface area contributed by atoms with Gasteiger partial charge in [-0.15, -0.1) is 0 Å². The molecule has 3 N–H and O–H groups in total. The first-order chi connectivity index (χ1) is 8.45. The topological polar surface area (TPSA) is 88.3 Å². The SMILES string of the molecule is CC1CN(S(=O)(=O)c2ccc(NN)nc2)CC1C. The highest BCUT2D eigenvalue weighted by atomic mass is 32.2. The molecule has 1 fully saturated rings. The van der Waals surface area contributed by atoms with E-state index in [1.807, 2.05) is 0 Å². The maximum Gasteiger partial charge on any atom is 0.244 e. The van der Waals surface area contributed by atoms with Crippen LogP contribution in [0.3, 0.4) is 0 Å². The zero-order valence-corrected chi connectivity index (χ0v) is 11.3. The molecule has 100 valence electrons. The van der Waals surface area contributed by atoms with Crippen LogP contribution in [0.5, 0.6) is 0 Å². The van der Waals surface area contributed by atoms with Crippen molar-refractivity contribution in [2.24, 2.45) is 17.7 Å². The van der Waals surface area contributed by atoms with E-state index < -0.39 is 10.0 Å². The van der Waals surface area contributed by atoms with Gasteiger partial charge in [-0.1, -0.05) is 13.8 Å². The van der Waals surface area contributed by atoms with Crippen molar-refractivity contribution in [3.05, 3.63) is 18.3 Å². The summed E-state index contributed by atoms with van der Waals surface area (Å²) in [6, 6.07) is 3.07. The van der Waals surface area contributed by atoms with Gasteiger partial charge in [-0.05, 0) is 24.0 Å². The van der Waals surface area contributed by atoms with Gasteiger partial charge >= 0.3 is 0 Å². The van der Waals surface area contributed by atoms with E-state index in [0.29, 0.717) is 30.7 Å². The molecule has 7 heteroatoms. The number of sulfonamides is 1. The zero-order valence-electron chi connectivity index (χ0n) is 10.5. The standard InChI is InChI=1S/C11H18N4O2S/c1-8-6-15(7-9(8)2)18(16,17)10-3-4-11(14-12)13-5-10/h3-5,8-9H,6-7,12H2,1-2H3,(H,13,14). The van der Waals surface area contributed by atoms with Crippen LogP contribution in [-0.2, 0) is 10.0 Å². The minimum absolute atomic E-state index is 0.211. The number of rotatable bonds is 3. The lowest BCUT2D eigenvalue weighted by atomic mass is 10.0. The van der Waals surface area contributed by atoms with Gasteiger partial charge in [0.15, 0.2) is 0 Å². The quantitative estimate of drug-likeness (QED) is 0.621. The summed E-state index contributed by atoms with van der Waals surface area (Å²) in [6.07, 6.45) is 1.33. The Hall–Kier alpha value is -1.18. The fourth-order valence-corrected chi connectivity index (χ4v) is 3.63. The van der Waals surface area contributed by atoms with Crippen LogP contribution in [-0.4, -0.2) is 30.8 Å². The maximum atomic E-state index is 12.4. The number of hydrogen-bond acceptors (Lipinski definition) is 5. The van der Waals surface area contributed by atoms with Crippen LogP contribution < -0.4 is 11.3 Å². The Labute approximate surface area is 107 Å². The second kappa shape index (κ2) is 4.83. The summed E-state index contributed by atoms with van der Waals surface area (Å²) < 4.78 is 26.2. The Balaban J connectivity index is 2.25. The Morgan fingerprint density at radius 2 is 1.94 bits per heavy atom. The number of hydrazine groups is 1. The first-order valence-electron chi connectivity index (χ1n) is 5.88. The van der Waals surface area contributed by atoms with Crippen LogP contribution >= 0.6 is 0 Å². The summed E-state index contributed by atoms with van der Waals surface area (Å²) in [5.41, 5.74) is 2.37. The average molecular weight is 270 g/mol. The van der Waals surface area contributed by atoms with E-state index in [1.165, 1.54) is 16.6 Å². The first kappa shape index (κ1) is 13.3. The fraction of sp³-hybridized carbons (Fsp3) is 0.545. The number of aromatic nitrogens is 1. The Bertz CT molecular complexity index is 504. The summed E-state index contributed by atoms with van der Waals surface area (Å²) >= 11 is 0. The minimum atomic E-state index is -3.43. The third-order valence-corrected chi connectivity index (χ3v) is 5.29. The van der Waals surface area contributed by atoms with Crippen molar-refractivity contribution in [1.29, 1.82) is 0 Å². The predicted molar refractivity (Wildman–Crippen MR) is 69.1 cm³/mol. The molecule has 1 aromatic rings. The molecular weight excluding hydrogens is 252 g/mol. The fourth-order valence-electron chi connectivity index (χ4n) is 2.04. The van der Waals surface area contributed by atoms with Crippen LogP contribution in [0.1, 0.15) is 13.8 Å². The number of nitrogen functional groups attached to an aromatic ring is 1. The monoisotopic (exact) mass is 270 g/mol. The predicted octanol–water partition coefficient (Wildman–Crippen LogP) is 0.644. The number of nitrogens with one attached hydrogen (secondary N) is 1. The summed E-state index contributed by atoms with van der Waals surface area (Å²) in [7, 11) is -3.43. The summed E-state index contributed by atoms with van der Waals surface area (Å²) in [5, 5.41) is 0. The molecule has 2 heterocycles. The van der Waals surface area contributed by atoms with Gasteiger partial charge in [0.25, 0.3) is 0 Å². The van der Waals surface area contributed by atoms with Gasteiger partial charge in [0.1, 0.15) is 10.7 Å². The molecule has 0 aliphatic carbocycles. The molecule has 1 aliphatic rings. The Morgan fingerprint density at radius 3 is 2.39 bits per heavy atom. The third-order valence-electron chi connectivity index (χ3n) is 3.48. The van der Waals surface area contributed by atoms with E-state index in [-0.39, 0.29) is 4.90 Å². The number of anilines is 1.